The lowest BCUT2D eigenvalue weighted by Crippen LogP contribution is -2.19. The minimum atomic E-state index is -0.0665. The molecule has 0 saturated heterocycles. The molecule has 5 aromatic rings. The Balaban J connectivity index is 1.18. The molecule has 0 radical (unpaired) electrons. The SMILES string of the molecule is CCn1c2ccccc2c2cc(NC(=O)CSc3cccc(NC(=S)Nc4ccc(C(C)=O)cc4)c3)ccc21. The highest BCUT2D eigenvalue weighted by atomic mass is 32.2. The van der Waals surface area contributed by atoms with Crippen molar-refractivity contribution in [2.75, 3.05) is 21.7 Å². The van der Waals surface area contributed by atoms with Gasteiger partial charge in [0.25, 0.3) is 0 Å². The van der Waals surface area contributed by atoms with Crippen LogP contribution in [0.1, 0.15) is 24.2 Å². The molecule has 0 bridgehead atoms. The standard InChI is InChI=1S/C31H28N4O2S2/c1-3-35-28-10-5-4-9-26(28)27-18-24(15-16-29(27)35)32-30(37)19-39-25-8-6-7-23(17-25)34-31(38)33-22-13-11-21(12-14-22)20(2)36/h4-18H,3,19H2,1-2H3,(H,32,37)(H2,33,34,38). The molecule has 1 heterocycles. The maximum Gasteiger partial charge on any atom is 0.234 e. The molecule has 4 aromatic carbocycles. The number of thioether (sulfide) groups is 1. The number of hydrogen-bond donors (Lipinski definition) is 3. The number of ketones is 1. The number of Topliss-reactive ketones (excluding diaryl/α,β-unsaturated/α-hetero) is 1. The van der Waals surface area contributed by atoms with Gasteiger partial charge in [0, 0.05) is 55.9 Å². The molecular weight excluding hydrogens is 525 g/mol. The number of nitrogens with one attached hydrogen (secondary N) is 3. The molecule has 3 N–H and O–H groups in total. The molecule has 0 saturated carbocycles. The van der Waals surface area contributed by atoms with Gasteiger partial charge in [-0.05, 0) is 92.8 Å². The first-order valence-corrected chi connectivity index (χ1v) is 14.0. The predicted molar refractivity (Wildman–Crippen MR) is 167 cm³/mol. The van der Waals surface area contributed by atoms with Crippen molar-refractivity contribution in [1.29, 1.82) is 0 Å². The Morgan fingerprint density at radius 3 is 2.23 bits per heavy atom. The van der Waals surface area contributed by atoms with Gasteiger partial charge in [-0.15, -0.1) is 11.8 Å². The highest BCUT2D eigenvalue weighted by Crippen LogP contribution is 2.31. The number of thiocarbonyl (C=S) groups is 1. The number of aromatic nitrogens is 1. The van der Waals surface area contributed by atoms with Crippen LogP contribution >= 0.6 is 24.0 Å². The second-order valence-corrected chi connectivity index (χ2v) is 10.5. The number of aryl methyl sites for hydroxylation is 1. The van der Waals surface area contributed by atoms with E-state index in [9.17, 15) is 9.59 Å². The number of para-hydroxylation sites is 1. The fourth-order valence-corrected chi connectivity index (χ4v) is 5.55. The molecule has 0 aliphatic carbocycles. The van der Waals surface area contributed by atoms with E-state index in [-0.39, 0.29) is 17.4 Å². The minimum Gasteiger partial charge on any atom is -0.341 e. The van der Waals surface area contributed by atoms with Gasteiger partial charge in [-0.25, -0.2) is 0 Å². The van der Waals surface area contributed by atoms with Gasteiger partial charge in [-0.1, -0.05) is 24.3 Å². The summed E-state index contributed by atoms with van der Waals surface area (Å²) in [7, 11) is 0. The van der Waals surface area contributed by atoms with Gasteiger partial charge >= 0.3 is 0 Å². The largest absolute Gasteiger partial charge is 0.341 e. The third kappa shape index (κ3) is 6.13. The number of amides is 1. The van der Waals surface area contributed by atoms with Crippen LogP contribution in [0, 0.1) is 0 Å². The predicted octanol–water partition coefficient (Wildman–Crippen LogP) is 7.56. The summed E-state index contributed by atoms with van der Waals surface area (Å²) in [6.07, 6.45) is 0. The lowest BCUT2D eigenvalue weighted by molar-refractivity contribution is -0.113. The van der Waals surface area contributed by atoms with E-state index in [1.807, 2.05) is 48.5 Å². The normalized spacial score (nSPS) is 10.9. The van der Waals surface area contributed by atoms with Crippen LogP contribution in [0.25, 0.3) is 21.8 Å². The molecule has 39 heavy (non-hydrogen) atoms. The van der Waals surface area contributed by atoms with E-state index in [0.29, 0.717) is 10.7 Å². The van der Waals surface area contributed by atoms with Crippen molar-refractivity contribution in [3.63, 3.8) is 0 Å². The van der Waals surface area contributed by atoms with E-state index in [4.69, 9.17) is 12.2 Å². The van der Waals surface area contributed by atoms with Crippen LogP contribution in [0.4, 0.5) is 17.1 Å². The molecule has 1 amide bonds. The number of rotatable bonds is 8. The van der Waals surface area contributed by atoms with E-state index in [0.717, 1.165) is 39.4 Å². The third-order valence-electron chi connectivity index (χ3n) is 6.38. The van der Waals surface area contributed by atoms with E-state index in [1.54, 1.807) is 12.1 Å². The monoisotopic (exact) mass is 552 g/mol. The van der Waals surface area contributed by atoms with Crippen molar-refractivity contribution in [3.05, 3.63) is 96.6 Å². The van der Waals surface area contributed by atoms with Crippen LogP contribution in [0.3, 0.4) is 0 Å². The van der Waals surface area contributed by atoms with Crippen LogP contribution in [-0.4, -0.2) is 27.1 Å². The van der Waals surface area contributed by atoms with Gasteiger partial charge in [0.2, 0.25) is 5.91 Å². The fourth-order valence-electron chi connectivity index (χ4n) is 4.56. The second kappa shape index (κ2) is 11.7. The summed E-state index contributed by atoms with van der Waals surface area (Å²) in [5.41, 5.74) is 5.40. The Morgan fingerprint density at radius 2 is 1.46 bits per heavy atom. The van der Waals surface area contributed by atoms with Gasteiger partial charge in [-0.2, -0.15) is 0 Å². The first-order valence-electron chi connectivity index (χ1n) is 12.6. The van der Waals surface area contributed by atoms with Crippen LogP contribution in [0.2, 0.25) is 0 Å². The minimum absolute atomic E-state index is 0.0200. The lowest BCUT2D eigenvalue weighted by atomic mass is 10.1. The number of anilines is 3. The highest BCUT2D eigenvalue weighted by molar-refractivity contribution is 8.00. The average Bonchev–Trinajstić information content (AvgIpc) is 3.25. The number of benzene rings is 4. The molecule has 0 atom stereocenters. The first-order chi connectivity index (χ1) is 18.9. The maximum absolute atomic E-state index is 12.8. The lowest BCUT2D eigenvalue weighted by Gasteiger charge is -2.12. The summed E-state index contributed by atoms with van der Waals surface area (Å²) in [4.78, 5) is 25.2. The zero-order valence-electron chi connectivity index (χ0n) is 21.7. The molecule has 1 aromatic heterocycles. The number of fused-ring (bicyclic) bond motifs is 3. The fraction of sp³-hybridized carbons (Fsp3) is 0.129. The molecule has 0 unspecified atom stereocenters. The molecule has 5 rings (SSSR count). The number of hydrogen-bond acceptors (Lipinski definition) is 4. The van der Waals surface area contributed by atoms with Crippen molar-refractivity contribution in [2.24, 2.45) is 0 Å². The van der Waals surface area contributed by atoms with Gasteiger partial charge in [0.1, 0.15) is 0 Å². The molecule has 0 spiro atoms. The summed E-state index contributed by atoms with van der Waals surface area (Å²) in [6, 6.07) is 29.3. The summed E-state index contributed by atoms with van der Waals surface area (Å²) < 4.78 is 2.29. The second-order valence-electron chi connectivity index (χ2n) is 9.07. The van der Waals surface area contributed by atoms with Crippen molar-refractivity contribution in [2.45, 2.75) is 25.3 Å². The quantitative estimate of drug-likeness (QED) is 0.105. The van der Waals surface area contributed by atoms with Gasteiger partial charge in [-0.3, -0.25) is 9.59 Å². The molecule has 0 aliphatic rings. The summed E-state index contributed by atoms with van der Waals surface area (Å²) >= 11 is 6.89. The smallest absolute Gasteiger partial charge is 0.234 e. The van der Waals surface area contributed by atoms with E-state index < -0.39 is 0 Å². The summed E-state index contributed by atoms with van der Waals surface area (Å²) in [6.45, 7) is 4.56. The zero-order valence-corrected chi connectivity index (χ0v) is 23.3. The molecule has 196 valence electrons. The number of carbonyl (C=O) groups is 2. The van der Waals surface area contributed by atoms with E-state index in [1.165, 1.54) is 29.6 Å². The van der Waals surface area contributed by atoms with Gasteiger partial charge in [0.05, 0.1) is 5.75 Å². The van der Waals surface area contributed by atoms with Crippen molar-refractivity contribution < 1.29 is 9.59 Å². The Bertz CT molecular complexity index is 1690. The van der Waals surface area contributed by atoms with E-state index in [2.05, 4.69) is 57.8 Å². The Labute approximate surface area is 236 Å². The maximum atomic E-state index is 12.8. The summed E-state index contributed by atoms with van der Waals surface area (Å²) in [5.74, 6) is 0.235. The van der Waals surface area contributed by atoms with Crippen molar-refractivity contribution in [3.8, 4) is 0 Å². The molecular formula is C31H28N4O2S2. The highest BCUT2D eigenvalue weighted by Gasteiger charge is 2.11. The van der Waals surface area contributed by atoms with Gasteiger partial charge in [0.15, 0.2) is 10.9 Å². The molecule has 8 heteroatoms. The Hall–Kier alpha value is -4.14. The number of nitrogens with zero attached hydrogens (tertiary/aromatic N) is 1. The molecule has 0 fully saturated rings. The third-order valence-corrected chi connectivity index (χ3v) is 7.58. The number of carbonyl (C=O) groups excluding carboxylic acids is 2. The van der Waals surface area contributed by atoms with Crippen LogP contribution in [0.15, 0.2) is 95.9 Å². The molecule has 0 aliphatic heterocycles. The Kier molecular flexibility index (Phi) is 7.95. The van der Waals surface area contributed by atoms with Crippen LogP contribution in [-0.2, 0) is 11.3 Å². The molecule has 6 nitrogen and oxygen atoms in total. The first kappa shape index (κ1) is 26.5. The van der Waals surface area contributed by atoms with Crippen LogP contribution in [0.5, 0.6) is 0 Å². The van der Waals surface area contributed by atoms with Gasteiger partial charge < -0.3 is 20.5 Å². The average molecular weight is 553 g/mol. The van der Waals surface area contributed by atoms with Crippen molar-refractivity contribution in [1.82, 2.24) is 4.57 Å². The van der Waals surface area contributed by atoms with Crippen LogP contribution < -0.4 is 16.0 Å². The Morgan fingerprint density at radius 1 is 0.769 bits per heavy atom. The topological polar surface area (TPSA) is 75.2 Å². The van der Waals surface area contributed by atoms with E-state index >= 15 is 0 Å². The summed E-state index contributed by atoms with van der Waals surface area (Å²) in [5, 5.41) is 12.1. The van der Waals surface area contributed by atoms with Crippen molar-refractivity contribution >= 4 is 79.7 Å². The zero-order chi connectivity index (χ0) is 27.4.